The Morgan fingerprint density at radius 2 is 2.22 bits per heavy atom. The number of nitrogens with one attached hydrogen (secondary N) is 1. The molecular weight excluding hydrogens is 299 g/mol. The van der Waals surface area contributed by atoms with E-state index in [9.17, 15) is 9.18 Å². The number of nitrogens with zero attached hydrogens (tertiary/aromatic N) is 1. The van der Waals surface area contributed by atoms with Crippen molar-refractivity contribution in [2.24, 2.45) is 5.92 Å². The number of hydrogen-bond acceptors (Lipinski definition) is 2. The van der Waals surface area contributed by atoms with Crippen LogP contribution in [0.1, 0.15) is 12.5 Å². The van der Waals surface area contributed by atoms with Crippen LogP contribution >= 0.6 is 15.9 Å². The summed E-state index contributed by atoms with van der Waals surface area (Å²) in [5, 5.41) is 2.62. The van der Waals surface area contributed by atoms with E-state index in [0.717, 1.165) is 5.56 Å². The Labute approximate surface area is 115 Å². The standard InChI is InChI=1S/C13H18BrFN2O/c1-9(13(18)16-2)7-17(3)8-10-5-4-6-11(15)12(10)14/h4-6,9H,7-8H2,1-3H3,(H,16,18). The molecule has 1 N–H and O–H groups in total. The van der Waals surface area contributed by atoms with E-state index in [1.165, 1.54) is 6.07 Å². The van der Waals surface area contributed by atoms with Gasteiger partial charge in [-0.05, 0) is 34.6 Å². The van der Waals surface area contributed by atoms with Gasteiger partial charge < -0.3 is 10.2 Å². The molecule has 0 spiro atoms. The molecule has 3 nitrogen and oxygen atoms in total. The summed E-state index contributed by atoms with van der Waals surface area (Å²) < 4.78 is 13.8. The zero-order valence-electron chi connectivity index (χ0n) is 10.8. The Morgan fingerprint density at radius 3 is 2.83 bits per heavy atom. The molecule has 0 saturated carbocycles. The molecule has 0 bridgehead atoms. The third-order valence-electron chi connectivity index (χ3n) is 2.75. The van der Waals surface area contributed by atoms with E-state index in [1.54, 1.807) is 13.1 Å². The topological polar surface area (TPSA) is 32.3 Å². The number of benzene rings is 1. The van der Waals surface area contributed by atoms with E-state index in [2.05, 4.69) is 21.2 Å². The Balaban J connectivity index is 2.62. The highest BCUT2D eigenvalue weighted by atomic mass is 79.9. The van der Waals surface area contributed by atoms with Crippen LogP contribution in [0.15, 0.2) is 22.7 Å². The molecular formula is C13H18BrFN2O. The third-order valence-corrected chi connectivity index (χ3v) is 3.64. The molecule has 0 aliphatic carbocycles. The molecule has 0 aromatic heterocycles. The summed E-state index contributed by atoms with van der Waals surface area (Å²) in [6.45, 7) is 3.10. The minimum atomic E-state index is -0.264. The van der Waals surface area contributed by atoms with Crippen LogP contribution in [-0.2, 0) is 11.3 Å². The maximum Gasteiger partial charge on any atom is 0.223 e. The van der Waals surface area contributed by atoms with Gasteiger partial charge in [0.1, 0.15) is 5.82 Å². The van der Waals surface area contributed by atoms with Gasteiger partial charge in [0.25, 0.3) is 0 Å². The van der Waals surface area contributed by atoms with Gasteiger partial charge in [0.05, 0.1) is 4.47 Å². The van der Waals surface area contributed by atoms with Crippen molar-refractivity contribution in [2.45, 2.75) is 13.5 Å². The Bertz CT molecular complexity index is 425. The number of carbonyl (C=O) groups is 1. The fourth-order valence-electron chi connectivity index (χ4n) is 1.82. The molecule has 0 radical (unpaired) electrons. The average Bonchev–Trinajstić information content (AvgIpc) is 2.33. The monoisotopic (exact) mass is 316 g/mol. The lowest BCUT2D eigenvalue weighted by Gasteiger charge is -2.21. The fraction of sp³-hybridized carbons (Fsp3) is 0.462. The molecule has 1 aromatic carbocycles. The summed E-state index contributed by atoms with van der Waals surface area (Å²) in [6.07, 6.45) is 0. The second-order valence-corrected chi connectivity index (χ2v) is 5.22. The largest absolute Gasteiger partial charge is 0.359 e. The second kappa shape index (κ2) is 6.85. The van der Waals surface area contributed by atoms with Gasteiger partial charge >= 0.3 is 0 Å². The van der Waals surface area contributed by atoms with Crippen LogP contribution < -0.4 is 5.32 Å². The summed E-state index contributed by atoms with van der Waals surface area (Å²) in [7, 11) is 3.54. The number of amides is 1. The van der Waals surface area contributed by atoms with Crippen molar-refractivity contribution in [3.63, 3.8) is 0 Å². The van der Waals surface area contributed by atoms with Crippen molar-refractivity contribution in [3.8, 4) is 0 Å². The van der Waals surface area contributed by atoms with E-state index in [1.807, 2.05) is 24.9 Å². The first-order valence-corrected chi connectivity index (χ1v) is 6.58. The molecule has 0 saturated heterocycles. The molecule has 0 aliphatic rings. The SMILES string of the molecule is CNC(=O)C(C)CN(C)Cc1cccc(F)c1Br. The van der Waals surface area contributed by atoms with E-state index in [-0.39, 0.29) is 17.6 Å². The number of carbonyl (C=O) groups excluding carboxylic acids is 1. The van der Waals surface area contributed by atoms with E-state index in [0.29, 0.717) is 17.6 Å². The van der Waals surface area contributed by atoms with Crippen molar-refractivity contribution < 1.29 is 9.18 Å². The summed E-state index contributed by atoms with van der Waals surface area (Å²) in [6, 6.07) is 4.97. The van der Waals surface area contributed by atoms with Crippen molar-refractivity contribution in [1.29, 1.82) is 0 Å². The molecule has 1 aromatic rings. The van der Waals surface area contributed by atoms with Crippen molar-refractivity contribution in [1.82, 2.24) is 10.2 Å². The Kier molecular flexibility index (Phi) is 5.75. The van der Waals surface area contributed by atoms with Crippen LogP contribution in [0.5, 0.6) is 0 Å². The summed E-state index contributed by atoms with van der Waals surface area (Å²) >= 11 is 3.24. The Morgan fingerprint density at radius 1 is 1.56 bits per heavy atom. The summed E-state index contributed by atoms with van der Waals surface area (Å²) in [5.41, 5.74) is 0.876. The zero-order chi connectivity index (χ0) is 13.7. The number of halogens is 2. The highest BCUT2D eigenvalue weighted by molar-refractivity contribution is 9.10. The smallest absolute Gasteiger partial charge is 0.223 e. The maximum atomic E-state index is 13.3. The predicted molar refractivity (Wildman–Crippen MR) is 73.7 cm³/mol. The first kappa shape index (κ1) is 15.1. The molecule has 0 fully saturated rings. The van der Waals surface area contributed by atoms with Crippen LogP contribution in [0, 0.1) is 11.7 Å². The number of hydrogen-bond donors (Lipinski definition) is 1. The molecule has 0 aliphatic heterocycles. The number of rotatable bonds is 5. The summed E-state index contributed by atoms with van der Waals surface area (Å²) in [4.78, 5) is 13.4. The van der Waals surface area contributed by atoms with Crippen LogP contribution in [0.4, 0.5) is 4.39 Å². The van der Waals surface area contributed by atoms with Crippen LogP contribution in [0.2, 0.25) is 0 Å². The van der Waals surface area contributed by atoms with Crippen molar-refractivity contribution in [2.75, 3.05) is 20.6 Å². The molecule has 5 heteroatoms. The van der Waals surface area contributed by atoms with Gasteiger partial charge in [-0.15, -0.1) is 0 Å². The van der Waals surface area contributed by atoms with Gasteiger partial charge in [0, 0.05) is 26.1 Å². The van der Waals surface area contributed by atoms with E-state index in [4.69, 9.17) is 0 Å². The normalized spacial score (nSPS) is 12.6. The quantitative estimate of drug-likeness (QED) is 0.904. The van der Waals surface area contributed by atoms with Gasteiger partial charge in [0.2, 0.25) is 5.91 Å². The molecule has 18 heavy (non-hydrogen) atoms. The van der Waals surface area contributed by atoms with Gasteiger partial charge in [-0.3, -0.25) is 4.79 Å². The highest BCUT2D eigenvalue weighted by Crippen LogP contribution is 2.21. The molecule has 1 atom stereocenters. The highest BCUT2D eigenvalue weighted by Gasteiger charge is 2.15. The first-order chi connectivity index (χ1) is 8.45. The van der Waals surface area contributed by atoms with Gasteiger partial charge in [-0.25, -0.2) is 4.39 Å². The first-order valence-electron chi connectivity index (χ1n) is 5.78. The minimum Gasteiger partial charge on any atom is -0.359 e. The van der Waals surface area contributed by atoms with Gasteiger partial charge in [0.15, 0.2) is 0 Å². The van der Waals surface area contributed by atoms with Crippen LogP contribution in [-0.4, -0.2) is 31.4 Å². The minimum absolute atomic E-state index is 0.0140. The lowest BCUT2D eigenvalue weighted by Crippen LogP contribution is -2.34. The third kappa shape index (κ3) is 4.07. The van der Waals surface area contributed by atoms with Gasteiger partial charge in [-0.2, -0.15) is 0 Å². The maximum absolute atomic E-state index is 13.3. The summed E-state index contributed by atoms with van der Waals surface area (Å²) in [5.74, 6) is -0.340. The Hall–Kier alpha value is -0.940. The van der Waals surface area contributed by atoms with Crippen molar-refractivity contribution in [3.05, 3.63) is 34.1 Å². The lowest BCUT2D eigenvalue weighted by atomic mass is 10.1. The molecule has 1 amide bonds. The van der Waals surface area contributed by atoms with E-state index < -0.39 is 0 Å². The average molecular weight is 317 g/mol. The molecule has 0 heterocycles. The van der Waals surface area contributed by atoms with Gasteiger partial charge in [-0.1, -0.05) is 19.1 Å². The second-order valence-electron chi connectivity index (χ2n) is 4.42. The molecule has 1 rings (SSSR count). The van der Waals surface area contributed by atoms with Crippen LogP contribution in [0.3, 0.4) is 0 Å². The van der Waals surface area contributed by atoms with Crippen molar-refractivity contribution >= 4 is 21.8 Å². The molecule has 100 valence electrons. The fourth-order valence-corrected chi connectivity index (χ4v) is 2.21. The molecule has 1 unspecified atom stereocenters. The van der Waals surface area contributed by atoms with E-state index >= 15 is 0 Å². The predicted octanol–water partition coefficient (Wildman–Crippen LogP) is 2.40. The van der Waals surface area contributed by atoms with Crippen LogP contribution in [0.25, 0.3) is 0 Å². The lowest BCUT2D eigenvalue weighted by molar-refractivity contribution is -0.124. The zero-order valence-corrected chi connectivity index (χ0v) is 12.4.